The summed E-state index contributed by atoms with van der Waals surface area (Å²) in [5, 5.41) is 0. The third kappa shape index (κ3) is 3.60. The van der Waals surface area contributed by atoms with Gasteiger partial charge in [0.25, 0.3) is 0 Å². The zero-order valence-electron chi connectivity index (χ0n) is 11.7. The van der Waals surface area contributed by atoms with E-state index < -0.39 is 28.2 Å². The second-order valence-electron chi connectivity index (χ2n) is 4.87. The molecule has 10 heteroatoms. The minimum absolute atomic E-state index is 0.0698. The van der Waals surface area contributed by atoms with Gasteiger partial charge in [0, 0.05) is 17.7 Å². The van der Waals surface area contributed by atoms with Gasteiger partial charge >= 0.3 is 16.7 Å². The van der Waals surface area contributed by atoms with Gasteiger partial charge in [-0.05, 0) is 29.8 Å². The molecular weight excluding hydrogens is 354 g/mol. The standard InChI is InChI=1S/C14H9F4NO4S/c15-10-5-9-7-19-24(20,21)23-13(9)12(6-10)8-1-3-11(4-2-8)22-14(16,17)18/h1-6,19H,7H2. The minimum atomic E-state index is -4.83. The predicted molar refractivity (Wildman–Crippen MR) is 74.9 cm³/mol. The van der Waals surface area contributed by atoms with Gasteiger partial charge in [-0.1, -0.05) is 12.1 Å². The van der Waals surface area contributed by atoms with Crippen LogP contribution in [0.1, 0.15) is 5.56 Å². The van der Waals surface area contributed by atoms with Crippen molar-refractivity contribution in [2.75, 3.05) is 0 Å². The first-order valence-electron chi connectivity index (χ1n) is 6.51. The molecule has 24 heavy (non-hydrogen) atoms. The SMILES string of the molecule is O=S1(=O)NCc2cc(F)cc(-c3ccc(OC(F)(F)F)cc3)c2O1. The van der Waals surface area contributed by atoms with Crippen molar-refractivity contribution < 1.29 is 34.9 Å². The van der Waals surface area contributed by atoms with E-state index in [4.69, 9.17) is 4.18 Å². The quantitative estimate of drug-likeness (QED) is 0.833. The average molecular weight is 363 g/mol. The molecule has 0 bridgehead atoms. The fourth-order valence-electron chi connectivity index (χ4n) is 2.24. The monoisotopic (exact) mass is 363 g/mol. The third-order valence-electron chi connectivity index (χ3n) is 3.16. The molecule has 0 spiro atoms. The van der Waals surface area contributed by atoms with Crippen LogP contribution in [0.2, 0.25) is 0 Å². The number of hydrogen-bond acceptors (Lipinski definition) is 4. The fourth-order valence-corrected chi connectivity index (χ4v) is 3.04. The zero-order chi connectivity index (χ0) is 17.5. The van der Waals surface area contributed by atoms with Gasteiger partial charge in [0.1, 0.15) is 11.6 Å². The first-order chi connectivity index (χ1) is 11.1. The van der Waals surface area contributed by atoms with Gasteiger partial charge in [-0.3, -0.25) is 0 Å². The molecule has 1 aliphatic rings. The zero-order valence-corrected chi connectivity index (χ0v) is 12.5. The van der Waals surface area contributed by atoms with Crippen molar-refractivity contribution in [1.29, 1.82) is 0 Å². The van der Waals surface area contributed by atoms with E-state index in [0.717, 1.165) is 24.3 Å². The van der Waals surface area contributed by atoms with Gasteiger partial charge in [0.15, 0.2) is 5.75 Å². The summed E-state index contributed by atoms with van der Waals surface area (Å²) in [5.74, 6) is -1.16. The number of hydrogen-bond donors (Lipinski definition) is 1. The van der Waals surface area contributed by atoms with Crippen LogP contribution in [-0.4, -0.2) is 14.8 Å². The molecule has 1 N–H and O–H groups in total. The molecule has 5 nitrogen and oxygen atoms in total. The first-order valence-corrected chi connectivity index (χ1v) is 7.91. The predicted octanol–water partition coefficient (Wildman–Crippen LogP) is 3.12. The molecule has 2 aromatic carbocycles. The van der Waals surface area contributed by atoms with Crippen LogP contribution >= 0.6 is 0 Å². The number of benzene rings is 2. The smallest absolute Gasteiger partial charge is 0.406 e. The van der Waals surface area contributed by atoms with E-state index in [0.29, 0.717) is 0 Å². The largest absolute Gasteiger partial charge is 0.573 e. The molecule has 0 aromatic heterocycles. The number of fused-ring (bicyclic) bond motifs is 1. The van der Waals surface area contributed by atoms with E-state index in [9.17, 15) is 26.0 Å². The molecular formula is C14H9F4NO4S. The molecule has 1 heterocycles. The van der Waals surface area contributed by atoms with Crippen molar-refractivity contribution in [3.63, 3.8) is 0 Å². The molecule has 0 saturated heterocycles. The third-order valence-corrected chi connectivity index (χ3v) is 4.05. The van der Waals surface area contributed by atoms with Crippen LogP contribution in [0.25, 0.3) is 11.1 Å². The van der Waals surface area contributed by atoms with Crippen LogP contribution in [0.4, 0.5) is 17.6 Å². The van der Waals surface area contributed by atoms with E-state index >= 15 is 0 Å². The van der Waals surface area contributed by atoms with Crippen molar-refractivity contribution in [2.24, 2.45) is 0 Å². The van der Waals surface area contributed by atoms with E-state index in [1.165, 1.54) is 12.1 Å². The Morgan fingerprint density at radius 3 is 2.42 bits per heavy atom. The Bertz CT molecular complexity index is 879. The summed E-state index contributed by atoms with van der Waals surface area (Å²) in [6.45, 7) is -0.155. The number of halogens is 4. The molecule has 0 aliphatic carbocycles. The van der Waals surface area contributed by atoms with Gasteiger partial charge in [-0.15, -0.1) is 13.2 Å². The highest BCUT2D eigenvalue weighted by molar-refractivity contribution is 7.85. The lowest BCUT2D eigenvalue weighted by atomic mass is 10.0. The van der Waals surface area contributed by atoms with Crippen molar-refractivity contribution in [3.8, 4) is 22.6 Å². The van der Waals surface area contributed by atoms with Crippen LogP contribution in [0.5, 0.6) is 11.5 Å². The van der Waals surface area contributed by atoms with Crippen molar-refractivity contribution in [1.82, 2.24) is 4.72 Å². The molecule has 0 amide bonds. The van der Waals surface area contributed by atoms with Crippen LogP contribution in [0.3, 0.4) is 0 Å². The molecule has 0 saturated carbocycles. The van der Waals surface area contributed by atoms with Gasteiger partial charge in [0.05, 0.1) is 0 Å². The van der Waals surface area contributed by atoms with Gasteiger partial charge in [-0.25, -0.2) is 4.39 Å². The highest BCUT2D eigenvalue weighted by atomic mass is 32.2. The Labute approximate surface area is 134 Å². The van der Waals surface area contributed by atoms with Crippen molar-refractivity contribution >= 4 is 10.3 Å². The van der Waals surface area contributed by atoms with Crippen LogP contribution in [-0.2, 0) is 16.8 Å². The van der Waals surface area contributed by atoms with Gasteiger partial charge in [-0.2, -0.15) is 13.1 Å². The summed E-state index contributed by atoms with van der Waals surface area (Å²) >= 11 is 0. The summed E-state index contributed by atoms with van der Waals surface area (Å²) in [7, 11) is -4.02. The topological polar surface area (TPSA) is 64.6 Å². The molecule has 3 rings (SSSR count). The highest BCUT2D eigenvalue weighted by Gasteiger charge is 2.31. The van der Waals surface area contributed by atoms with Crippen LogP contribution in [0.15, 0.2) is 36.4 Å². The second kappa shape index (κ2) is 5.64. The lowest BCUT2D eigenvalue weighted by molar-refractivity contribution is -0.274. The Hall–Kier alpha value is -2.33. The maximum absolute atomic E-state index is 13.7. The summed E-state index contributed by atoms with van der Waals surface area (Å²) in [4.78, 5) is 0. The van der Waals surface area contributed by atoms with Crippen LogP contribution < -0.4 is 13.6 Å². The molecule has 0 atom stereocenters. The first kappa shape index (κ1) is 16.5. The summed E-state index contributed by atoms with van der Waals surface area (Å²) < 4.78 is 84.0. The average Bonchev–Trinajstić information content (AvgIpc) is 2.46. The molecule has 1 aliphatic heterocycles. The maximum atomic E-state index is 13.7. The molecule has 2 aromatic rings. The normalized spacial score (nSPS) is 16.2. The maximum Gasteiger partial charge on any atom is 0.573 e. The van der Waals surface area contributed by atoms with E-state index in [-0.39, 0.29) is 29.0 Å². The Morgan fingerprint density at radius 1 is 1.12 bits per heavy atom. The summed E-state index contributed by atoms with van der Waals surface area (Å²) in [5.41, 5.74) is 0.654. The number of alkyl halides is 3. The van der Waals surface area contributed by atoms with E-state index in [1.54, 1.807) is 0 Å². The van der Waals surface area contributed by atoms with Crippen molar-refractivity contribution in [3.05, 3.63) is 47.8 Å². The Balaban J connectivity index is 2.02. The van der Waals surface area contributed by atoms with Gasteiger partial charge in [0.2, 0.25) is 0 Å². The molecule has 0 radical (unpaired) electrons. The summed E-state index contributed by atoms with van der Waals surface area (Å²) in [6.07, 6.45) is -4.83. The van der Waals surface area contributed by atoms with E-state index in [1.807, 2.05) is 0 Å². The van der Waals surface area contributed by atoms with E-state index in [2.05, 4.69) is 9.46 Å². The van der Waals surface area contributed by atoms with Crippen LogP contribution in [0, 0.1) is 5.82 Å². The lowest BCUT2D eigenvalue weighted by Gasteiger charge is -2.21. The Kier molecular flexibility index (Phi) is 3.88. The number of rotatable bonds is 2. The van der Waals surface area contributed by atoms with Gasteiger partial charge < -0.3 is 8.92 Å². The lowest BCUT2D eigenvalue weighted by Crippen LogP contribution is -2.32. The molecule has 0 unspecified atom stereocenters. The molecule has 0 fully saturated rings. The van der Waals surface area contributed by atoms with Crippen molar-refractivity contribution in [2.45, 2.75) is 12.9 Å². The minimum Gasteiger partial charge on any atom is -0.406 e. The highest BCUT2D eigenvalue weighted by Crippen LogP contribution is 2.38. The Morgan fingerprint density at radius 2 is 1.79 bits per heavy atom. The second-order valence-corrected chi connectivity index (χ2v) is 6.24. The summed E-state index contributed by atoms with van der Waals surface area (Å²) in [6, 6.07) is 6.72. The molecule has 128 valence electrons. The fraction of sp³-hybridized carbons (Fsp3) is 0.143. The number of ether oxygens (including phenoxy) is 1. The number of nitrogens with one attached hydrogen (secondary N) is 1.